The van der Waals surface area contributed by atoms with Gasteiger partial charge in [-0.15, -0.1) is 0 Å². The van der Waals surface area contributed by atoms with Gasteiger partial charge in [0, 0.05) is 24.2 Å². The molecule has 0 amide bonds. The van der Waals surface area contributed by atoms with E-state index < -0.39 is 22.1 Å². The fourth-order valence-corrected chi connectivity index (χ4v) is 6.06. The molecular formula is C32H29NO5S. The van der Waals surface area contributed by atoms with Crippen LogP contribution >= 0.6 is 0 Å². The number of rotatable bonds is 7. The van der Waals surface area contributed by atoms with Crippen LogP contribution in [-0.4, -0.2) is 31.0 Å². The van der Waals surface area contributed by atoms with Gasteiger partial charge in [-0.3, -0.25) is 4.79 Å². The summed E-state index contributed by atoms with van der Waals surface area (Å²) in [4.78, 5) is 26.6. The van der Waals surface area contributed by atoms with Crippen LogP contribution in [0.15, 0.2) is 102 Å². The highest BCUT2D eigenvalue weighted by Crippen LogP contribution is 2.27. The van der Waals surface area contributed by atoms with Crippen molar-refractivity contribution in [3.63, 3.8) is 0 Å². The highest BCUT2D eigenvalue weighted by molar-refractivity contribution is 7.89. The maximum absolute atomic E-state index is 13.4. The van der Waals surface area contributed by atoms with Gasteiger partial charge in [-0.25, -0.2) is 13.2 Å². The minimum absolute atomic E-state index is 0.101. The van der Waals surface area contributed by atoms with E-state index in [-0.39, 0.29) is 16.2 Å². The molecule has 0 unspecified atom stereocenters. The topological polar surface area (TPSA) is 80.8 Å². The summed E-state index contributed by atoms with van der Waals surface area (Å²) in [6.45, 7) is 4.56. The predicted molar refractivity (Wildman–Crippen MR) is 149 cm³/mol. The van der Waals surface area contributed by atoms with Gasteiger partial charge in [0.05, 0.1) is 10.5 Å². The second-order valence-corrected chi connectivity index (χ2v) is 11.7. The first-order chi connectivity index (χ1) is 18.7. The van der Waals surface area contributed by atoms with Gasteiger partial charge in [0.1, 0.15) is 0 Å². The van der Waals surface area contributed by atoms with E-state index in [1.54, 1.807) is 24.3 Å². The quantitative estimate of drug-likeness (QED) is 0.218. The maximum atomic E-state index is 13.4. The van der Waals surface area contributed by atoms with E-state index in [4.69, 9.17) is 4.74 Å². The number of benzene rings is 4. The zero-order valence-electron chi connectivity index (χ0n) is 21.8. The summed E-state index contributed by atoms with van der Waals surface area (Å²) < 4.78 is 33.8. The first kappa shape index (κ1) is 26.5. The van der Waals surface area contributed by atoms with E-state index in [1.165, 1.54) is 28.6 Å². The van der Waals surface area contributed by atoms with Gasteiger partial charge in [0.25, 0.3) is 0 Å². The molecule has 0 fully saturated rings. The molecule has 6 nitrogen and oxygen atoms in total. The Morgan fingerprint density at radius 2 is 1.31 bits per heavy atom. The summed E-state index contributed by atoms with van der Waals surface area (Å²) in [5.41, 5.74) is 5.33. The van der Waals surface area contributed by atoms with Crippen LogP contribution in [0.4, 0.5) is 0 Å². The second-order valence-electron chi connectivity index (χ2n) is 9.81. The highest BCUT2D eigenvalue weighted by Gasteiger charge is 2.30. The summed E-state index contributed by atoms with van der Waals surface area (Å²) in [7, 11) is -3.74. The van der Waals surface area contributed by atoms with Crippen molar-refractivity contribution in [2.75, 3.05) is 6.54 Å². The zero-order valence-corrected chi connectivity index (χ0v) is 22.6. The van der Waals surface area contributed by atoms with Crippen molar-refractivity contribution < 1.29 is 22.7 Å². The Hall–Kier alpha value is -4.07. The third-order valence-electron chi connectivity index (χ3n) is 7.00. The lowest BCUT2D eigenvalue weighted by Gasteiger charge is -2.28. The number of ketones is 1. The van der Waals surface area contributed by atoms with E-state index in [0.29, 0.717) is 30.6 Å². The van der Waals surface area contributed by atoms with Crippen molar-refractivity contribution in [3.05, 3.63) is 136 Å². The molecule has 1 atom stereocenters. The van der Waals surface area contributed by atoms with Crippen LogP contribution in [0.5, 0.6) is 0 Å². The van der Waals surface area contributed by atoms with Gasteiger partial charge in [0.15, 0.2) is 6.10 Å². The lowest BCUT2D eigenvalue weighted by molar-refractivity contribution is 0.0280. The number of aryl methyl sites for hydroxylation is 2. The zero-order chi connectivity index (χ0) is 27.6. The molecule has 7 heteroatoms. The molecule has 1 aliphatic heterocycles. The van der Waals surface area contributed by atoms with Gasteiger partial charge in [-0.2, -0.15) is 4.31 Å². The SMILES string of the molecule is Cc1ccc(C(=O)[C@H](OC(=O)c2ccc(S(=O)(=O)N3CCc4ccccc4C3)cc2)c2ccc(C)cc2)cc1. The van der Waals surface area contributed by atoms with Crippen LogP contribution in [0.2, 0.25) is 0 Å². The summed E-state index contributed by atoms with van der Waals surface area (Å²) in [5, 5.41) is 0. The molecule has 0 radical (unpaired) electrons. The minimum atomic E-state index is -3.74. The van der Waals surface area contributed by atoms with Crippen LogP contribution in [0.25, 0.3) is 0 Å². The van der Waals surface area contributed by atoms with E-state index in [0.717, 1.165) is 22.3 Å². The number of carbonyl (C=O) groups is 2. The second kappa shape index (κ2) is 11.0. The fraction of sp³-hybridized carbons (Fsp3) is 0.188. The lowest BCUT2D eigenvalue weighted by atomic mass is 9.98. The summed E-state index contributed by atoms with van der Waals surface area (Å²) in [6.07, 6.45) is -0.493. The Balaban J connectivity index is 1.36. The summed E-state index contributed by atoms with van der Waals surface area (Å²) in [6, 6.07) is 27.9. The molecular weight excluding hydrogens is 510 g/mol. The molecule has 4 aromatic rings. The number of nitrogens with zero attached hydrogens (tertiary/aromatic N) is 1. The Morgan fingerprint density at radius 3 is 1.95 bits per heavy atom. The number of esters is 1. The molecule has 4 aromatic carbocycles. The van der Waals surface area contributed by atoms with Gasteiger partial charge < -0.3 is 4.74 Å². The third-order valence-corrected chi connectivity index (χ3v) is 8.86. The average Bonchev–Trinajstić information content (AvgIpc) is 2.96. The number of carbonyl (C=O) groups excluding carboxylic acids is 2. The van der Waals surface area contributed by atoms with Gasteiger partial charge in [0.2, 0.25) is 15.8 Å². The largest absolute Gasteiger partial charge is 0.445 e. The Kier molecular flexibility index (Phi) is 7.46. The van der Waals surface area contributed by atoms with E-state index in [1.807, 2.05) is 62.4 Å². The Labute approximate surface area is 228 Å². The normalized spacial score (nSPS) is 14.3. The fourth-order valence-electron chi connectivity index (χ4n) is 4.65. The molecule has 1 aliphatic rings. The number of sulfonamides is 1. The van der Waals surface area contributed by atoms with Gasteiger partial charge in [-0.1, -0.05) is 83.9 Å². The number of hydrogen-bond donors (Lipinski definition) is 0. The smallest absolute Gasteiger partial charge is 0.339 e. The maximum Gasteiger partial charge on any atom is 0.339 e. The molecule has 198 valence electrons. The lowest BCUT2D eigenvalue weighted by Crippen LogP contribution is -2.35. The van der Waals surface area contributed by atoms with Crippen molar-refractivity contribution in [3.8, 4) is 0 Å². The van der Waals surface area contributed by atoms with Crippen molar-refractivity contribution in [2.24, 2.45) is 0 Å². The van der Waals surface area contributed by atoms with Gasteiger partial charge >= 0.3 is 5.97 Å². The molecule has 0 spiro atoms. The molecule has 0 aliphatic carbocycles. The Morgan fingerprint density at radius 1 is 0.744 bits per heavy atom. The third kappa shape index (κ3) is 5.70. The van der Waals surface area contributed by atoms with Crippen LogP contribution in [0.3, 0.4) is 0 Å². The van der Waals surface area contributed by atoms with E-state index in [9.17, 15) is 18.0 Å². The van der Waals surface area contributed by atoms with Crippen LogP contribution in [-0.2, 0) is 27.7 Å². The first-order valence-electron chi connectivity index (χ1n) is 12.8. The molecule has 0 aromatic heterocycles. The van der Waals surface area contributed by atoms with E-state index in [2.05, 4.69) is 0 Å². The summed E-state index contributed by atoms with van der Waals surface area (Å²) >= 11 is 0. The number of ether oxygens (including phenoxy) is 1. The average molecular weight is 540 g/mol. The molecule has 1 heterocycles. The van der Waals surface area contributed by atoms with Crippen molar-refractivity contribution in [1.82, 2.24) is 4.31 Å². The minimum Gasteiger partial charge on any atom is -0.445 e. The molecule has 0 saturated heterocycles. The van der Waals surface area contributed by atoms with E-state index >= 15 is 0 Å². The number of Topliss-reactive ketones (excluding diaryl/α,β-unsaturated/α-hetero) is 1. The van der Waals surface area contributed by atoms with Crippen LogP contribution in [0.1, 0.15) is 54.6 Å². The molecule has 0 N–H and O–H groups in total. The van der Waals surface area contributed by atoms with Crippen molar-refractivity contribution >= 4 is 21.8 Å². The van der Waals surface area contributed by atoms with Gasteiger partial charge in [-0.05, 0) is 55.7 Å². The predicted octanol–water partition coefficient (Wildman–Crippen LogP) is 5.83. The van der Waals surface area contributed by atoms with Crippen molar-refractivity contribution in [1.29, 1.82) is 0 Å². The molecule has 0 saturated carbocycles. The van der Waals surface area contributed by atoms with Crippen molar-refractivity contribution in [2.45, 2.75) is 37.8 Å². The number of fused-ring (bicyclic) bond motifs is 1. The molecule has 39 heavy (non-hydrogen) atoms. The summed E-state index contributed by atoms with van der Waals surface area (Å²) in [5.74, 6) is -1.05. The highest BCUT2D eigenvalue weighted by atomic mass is 32.2. The molecule has 0 bridgehead atoms. The Bertz CT molecular complexity index is 1610. The first-order valence-corrected chi connectivity index (χ1v) is 14.2. The monoisotopic (exact) mass is 539 g/mol. The van der Waals surface area contributed by atoms with Crippen LogP contribution < -0.4 is 0 Å². The molecule has 5 rings (SSSR count). The number of hydrogen-bond acceptors (Lipinski definition) is 5. The standard InChI is InChI=1S/C32H29NO5S/c1-22-7-11-25(12-8-22)30(34)31(26-13-9-23(2)10-14-26)38-32(35)27-15-17-29(18-16-27)39(36,37)33-20-19-24-5-3-4-6-28(24)21-33/h3-18,31H,19-21H2,1-2H3/t31-/m1/s1. The van der Waals surface area contributed by atoms with Crippen LogP contribution in [0, 0.1) is 13.8 Å².